The van der Waals surface area contributed by atoms with Crippen molar-refractivity contribution < 1.29 is 4.79 Å². The van der Waals surface area contributed by atoms with Gasteiger partial charge in [0.25, 0.3) is 0 Å². The van der Waals surface area contributed by atoms with Crippen LogP contribution in [0.2, 0.25) is 0 Å². The van der Waals surface area contributed by atoms with E-state index in [1.54, 1.807) is 0 Å². The molecule has 0 saturated carbocycles. The van der Waals surface area contributed by atoms with Crippen molar-refractivity contribution >= 4 is 5.78 Å². The summed E-state index contributed by atoms with van der Waals surface area (Å²) in [5, 5.41) is 0. The van der Waals surface area contributed by atoms with E-state index in [1.807, 2.05) is 6.92 Å². The van der Waals surface area contributed by atoms with Crippen LogP contribution in [-0.4, -0.2) is 5.78 Å². The molecule has 98 valence electrons. The highest BCUT2D eigenvalue weighted by Gasteiger charge is 2.34. The van der Waals surface area contributed by atoms with Gasteiger partial charge in [-0.25, -0.2) is 0 Å². The van der Waals surface area contributed by atoms with Crippen molar-refractivity contribution in [3.05, 3.63) is 11.6 Å². The lowest BCUT2D eigenvalue weighted by atomic mass is 9.66. The number of carbonyl (C=O) groups excluding carboxylic acids is 1. The second-order valence-corrected chi connectivity index (χ2v) is 5.91. The maximum Gasteiger partial charge on any atom is 0.158 e. The molecule has 0 spiro atoms. The molecule has 0 saturated heterocycles. The molecule has 1 unspecified atom stereocenters. The Kier molecular flexibility index (Phi) is 5.42. The number of rotatable bonds is 6. The Morgan fingerprint density at radius 1 is 1.35 bits per heavy atom. The van der Waals surface area contributed by atoms with Gasteiger partial charge in [-0.1, -0.05) is 52.5 Å². The van der Waals surface area contributed by atoms with E-state index in [0.717, 1.165) is 18.4 Å². The van der Waals surface area contributed by atoms with Crippen LogP contribution in [0.25, 0.3) is 0 Å². The average molecular weight is 236 g/mol. The zero-order chi connectivity index (χ0) is 12.9. The monoisotopic (exact) mass is 236 g/mol. The Hall–Kier alpha value is -0.590. The minimum atomic E-state index is 0.363. The van der Waals surface area contributed by atoms with Crippen LogP contribution >= 0.6 is 0 Å². The summed E-state index contributed by atoms with van der Waals surface area (Å²) in [5.74, 6) is 0.942. The normalized spacial score (nSPS) is 24.4. The summed E-state index contributed by atoms with van der Waals surface area (Å²) in [7, 11) is 0. The second kappa shape index (κ2) is 6.37. The van der Waals surface area contributed by atoms with Gasteiger partial charge in [-0.2, -0.15) is 0 Å². The van der Waals surface area contributed by atoms with Crippen molar-refractivity contribution in [3.63, 3.8) is 0 Å². The first-order valence-corrected chi connectivity index (χ1v) is 7.23. The molecule has 1 aliphatic carbocycles. The molecule has 1 rings (SSSR count). The lowest BCUT2D eigenvalue weighted by molar-refractivity contribution is -0.118. The Labute approximate surface area is 107 Å². The molecule has 0 aromatic heterocycles. The Morgan fingerprint density at radius 2 is 2.06 bits per heavy atom. The molecule has 1 heteroatoms. The fourth-order valence-corrected chi connectivity index (χ4v) is 2.88. The number of allylic oxidation sites excluding steroid dienone is 2. The molecule has 0 aliphatic heterocycles. The van der Waals surface area contributed by atoms with E-state index in [9.17, 15) is 4.79 Å². The van der Waals surface area contributed by atoms with Crippen molar-refractivity contribution in [3.8, 4) is 0 Å². The molecule has 0 fully saturated rings. The summed E-state index contributed by atoms with van der Waals surface area (Å²) in [6.45, 7) is 8.87. The minimum Gasteiger partial charge on any atom is -0.295 e. The van der Waals surface area contributed by atoms with E-state index in [2.05, 4.69) is 26.8 Å². The van der Waals surface area contributed by atoms with Gasteiger partial charge in [0, 0.05) is 6.42 Å². The van der Waals surface area contributed by atoms with E-state index in [0.29, 0.717) is 17.1 Å². The van der Waals surface area contributed by atoms with Crippen LogP contribution in [0.4, 0.5) is 0 Å². The number of unbranched alkanes of at least 4 members (excludes halogenated alkanes) is 2. The van der Waals surface area contributed by atoms with Crippen molar-refractivity contribution in [2.24, 2.45) is 11.3 Å². The van der Waals surface area contributed by atoms with Gasteiger partial charge in [-0.3, -0.25) is 4.79 Å². The van der Waals surface area contributed by atoms with E-state index >= 15 is 0 Å². The molecule has 2 atom stereocenters. The van der Waals surface area contributed by atoms with Crippen LogP contribution < -0.4 is 0 Å². The van der Waals surface area contributed by atoms with Gasteiger partial charge in [-0.05, 0) is 36.7 Å². The number of hydrogen-bond donors (Lipinski definition) is 0. The summed E-state index contributed by atoms with van der Waals surface area (Å²) < 4.78 is 0. The molecule has 0 aromatic carbocycles. The molecule has 0 amide bonds. The molecule has 1 aliphatic rings. The predicted molar refractivity (Wildman–Crippen MR) is 74.0 cm³/mol. The van der Waals surface area contributed by atoms with Gasteiger partial charge in [0.15, 0.2) is 5.78 Å². The van der Waals surface area contributed by atoms with Crippen LogP contribution in [0.15, 0.2) is 11.6 Å². The number of Topliss-reactive ketones (excluding diaryl/α,β-unsaturated/α-hetero) is 1. The lowest BCUT2D eigenvalue weighted by Gasteiger charge is -2.38. The highest BCUT2D eigenvalue weighted by Crippen LogP contribution is 2.42. The van der Waals surface area contributed by atoms with Gasteiger partial charge in [0.2, 0.25) is 0 Å². The SMILES string of the molecule is CCCCCC(C)(CC)[C@@H]1CC=C(C)C(=O)C1. The smallest absolute Gasteiger partial charge is 0.158 e. The molecular weight excluding hydrogens is 208 g/mol. The van der Waals surface area contributed by atoms with Crippen molar-refractivity contribution in [2.45, 2.75) is 72.6 Å². The Bertz CT molecular complexity index is 290. The fraction of sp³-hybridized carbons (Fsp3) is 0.812. The Balaban J connectivity index is 2.63. The standard InChI is InChI=1S/C16H28O/c1-5-7-8-11-16(4,6-2)14-10-9-13(3)15(17)12-14/h9,14H,5-8,10-12H2,1-4H3/t14-,16?/m1/s1. The maximum atomic E-state index is 11.8. The second-order valence-electron chi connectivity index (χ2n) is 5.91. The fourth-order valence-electron chi connectivity index (χ4n) is 2.88. The first-order valence-electron chi connectivity index (χ1n) is 7.23. The van der Waals surface area contributed by atoms with Crippen LogP contribution in [0, 0.1) is 11.3 Å². The zero-order valence-electron chi connectivity index (χ0n) is 12.0. The topological polar surface area (TPSA) is 17.1 Å². The third-order valence-corrected chi connectivity index (χ3v) is 4.72. The van der Waals surface area contributed by atoms with Crippen LogP contribution in [-0.2, 0) is 4.79 Å². The van der Waals surface area contributed by atoms with E-state index in [-0.39, 0.29) is 0 Å². The maximum absolute atomic E-state index is 11.8. The summed E-state index contributed by atoms with van der Waals surface area (Å²) in [6.07, 6.45) is 10.4. The molecule has 0 heterocycles. The van der Waals surface area contributed by atoms with Crippen LogP contribution in [0.5, 0.6) is 0 Å². The summed E-state index contributed by atoms with van der Waals surface area (Å²) >= 11 is 0. The van der Waals surface area contributed by atoms with Gasteiger partial charge in [-0.15, -0.1) is 0 Å². The van der Waals surface area contributed by atoms with Crippen molar-refractivity contribution in [1.29, 1.82) is 0 Å². The number of ketones is 1. The van der Waals surface area contributed by atoms with Gasteiger partial charge in [0.05, 0.1) is 0 Å². The minimum absolute atomic E-state index is 0.363. The molecule has 0 bridgehead atoms. The summed E-state index contributed by atoms with van der Waals surface area (Å²) in [6, 6.07) is 0. The third kappa shape index (κ3) is 3.69. The highest BCUT2D eigenvalue weighted by molar-refractivity contribution is 5.95. The van der Waals surface area contributed by atoms with E-state index in [4.69, 9.17) is 0 Å². The first-order chi connectivity index (χ1) is 8.03. The molecule has 17 heavy (non-hydrogen) atoms. The zero-order valence-corrected chi connectivity index (χ0v) is 12.0. The van der Waals surface area contributed by atoms with Crippen molar-refractivity contribution in [1.82, 2.24) is 0 Å². The summed E-state index contributed by atoms with van der Waals surface area (Å²) in [4.78, 5) is 11.8. The quantitative estimate of drug-likeness (QED) is 0.599. The van der Waals surface area contributed by atoms with Crippen LogP contribution in [0.3, 0.4) is 0 Å². The van der Waals surface area contributed by atoms with E-state index < -0.39 is 0 Å². The van der Waals surface area contributed by atoms with Gasteiger partial charge < -0.3 is 0 Å². The molecule has 0 aromatic rings. The predicted octanol–water partition coefficient (Wildman–Crippen LogP) is 4.91. The average Bonchev–Trinajstić information content (AvgIpc) is 2.32. The van der Waals surface area contributed by atoms with Crippen LogP contribution in [0.1, 0.15) is 72.6 Å². The largest absolute Gasteiger partial charge is 0.295 e. The van der Waals surface area contributed by atoms with Gasteiger partial charge in [0.1, 0.15) is 0 Å². The number of hydrogen-bond acceptors (Lipinski definition) is 1. The lowest BCUT2D eigenvalue weighted by Crippen LogP contribution is -2.31. The molecular formula is C16H28O. The number of carbonyl (C=O) groups is 1. The third-order valence-electron chi connectivity index (χ3n) is 4.72. The highest BCUT2D eigenvalue weighted by atomic mass is 16.1. The van der Waals surface area contributed by atoms with Crippen molar-refractivity contribution in [2.75, 3.05) is 0 Å². The molecule has 0 N–H and O–H groups in total. The summed E-state index contributed by atoms with van der Waals surface area (Å²) in [5.41, 5.74) is 1.34. The van der Waals surface area contributed by atoms with E-state index in [1.165, 1.54) is 32.1 Å². The Morgan fingerprint density at radius 3 is 2.59 bits per heavy atom. The molecule has 1 nitrogen and oxygen atoms in total. The first kappa shape index (κ1) is 14.5. The molecule has 0 radical (unpaired) electrons. The van der Waals surface area contributed by atoms with Gasteiger partial charge >= 0.3 is 0 Å².